The van der Waals surface area contributed by atoms with Gasteiger partial charge in [0.1, 0.15) is 5.76 Å². The first-order valence-corrected chi connectivity index (χ1v) is 7.00. The van der Waals surface area contributed by atoms with Gasteiger partial charge in [-0.3, -0.25) is 0 Å². The van der Waals surface area contributed by atoms with Gasteiger partial charge in [0.05, 0.1) is 12.4 Å². The van der Waals surface area contributed by atoms with Crippen LogP contribution in [0.15, 0.2) is 22.8 Å². The van der Waals surface area contributed by atoms with Gasteiger partial charge < -0.3 is 9.52 Å². The molecule has 1 N–H and O–H groups in total. The minimum absolute atomic E-state index is 0.144. The molecule has 1 heterocycles. The van der Waals surface area contributed by atoms with E-state index in [1.54, 1.807) is 6.26 Å². The van der Waals surface area contributed by atoms with E-state index in [0.29, 0.717) is 5.92 Å². The van der Waals surface area contributed by atoms with Crippen molar-refractivity contribution in [2.24, 2.45) is 11.8 Å². The van der Waals surface area contributed by atoms with E-state index < -0.39 is 0 Å². The molecule has 1 saturated carbocycles. The third-order valence-corrected chi connectivity index (χ3v) is 4.21. The largest absolute Gasteiger partial charge is 0.469 e. The van der Waals surface area contributed by atoms with Crippen molar-refractivity contribution < 1.29 is 9.52 Å². The molecule has 1 fully saturated rings. The molecule has 0 bridgehead atoms. The monoisotopic (exact) mass is 236 g/mol. The van der Waals surface area contributed by atoms with Crippen LogP contribution in [-0.2, 0) is 6.42 Å². The SMILES string of the molecule is CCC1CCCC(C(O)CCc2ccco2)C1. The van der Waals surface area contributed by atoms with Gasteiger partial charge in [0.15, 0.2) is 0 Å². The van der Waals surface area contributed by atoms with Crippen LogP contribution in [0.3, 0.4) is 0 Å². The van der Waals surface area contributed by atoms with Gasteiger partial charge in [0.2, 0.25) is 0 Å². The van der Waals surface area contributed by atoms with E-state index in [1.807, 2.05) is 12.1 Å². The molecule has 2 nitrogen and oxygen atoms in total. The van der Waals surface area contributed by atoms with Crippen LogP contribution in [0.4, 0.5) is 0 Å². The second-order valence-corrected chi connectivity index (χ2v) is 5.39. The van der Waals surface area contributed by atoms with Gasteiger partial charge in [-0.1, -0.05) is 26.2 Å². The molecule has 0 saturated heterocycles. The first kappa shape index (κ1) is 12.7. The average Bonchev–Trinajstić information content (AvgIpc) is 2.89. The molecule has 0 aliphatic heterocycles. The fraction of sp³-hybridized carbons (Fsp3) is 0.733. The van der Waals surface area contributed by atoms with Gasteiger partial charge in [0.25, 0.3) is 0 Å². The summed E-state index contributed by atoms with van der Waals surface area (Å²) < 4.78 is 5.30. The third kappa shape index (κ3) is 3.60. The maximum atomic E-state index is 10.2. The molecule has 0 radical (unpaired) electrons. The number of aryl methyl sites for hydroxylation is 1. The molecule has 0 spiro atoms. The second-order valence-electron chi connectivity index (χ2n) is 5.39. The summed E-state index contributed by atoms with van der Waals surface area (Å²) in [6.45, 7) is 2.27. The Morgan fingerprint density at radius 1 is 1.47 bits per heavy atom. The first-order valence-electron chi connectivity index (χ1n) is 7.00. The molecule has 3 atom stereocenters. The van der Waals surface area contributed by atoms with Crippen molar-refractivity contribution in [3.8, 4) is 0 Å². The molecule has 3 unspecified atom stereocenters. The standard InChI is InChI=1S/C15H24O2/c1-2-12-5-3-6-13(11-12)15(16)9-8-14-7-4-10-17-14/h4,7,10,12-13,15-16H,2-3,5-6,8-9,11H2,1H3. The van der Waals surface area contributed by atoms with Crippen LogP contribution >= 0.6 is 0 Å². The van der Waals surface area contributed by atoms with Crippen LogP contribution in [0, 0.1) is 11.8 Å². The smallest absolute Gasteiger partial charge is 0.103 e. The molecular weight excluding hydrogens is 212 g/mol. The minimum Gasteiger partial charge on any atom is -0.469 e. The summed E-state index contributed by atoms with van der Waals surface area (Å²) in [5.74, 6) is 2.35. The maximum Gasteiger partial charge on any atom is 0.103 e. The Morgan fingerprint density at radius 3 is 3.06 bits per heavy atom. The molecule has 0 aromatic carbocycles. The van der Waals surface area contributed by atoms with Gasteiger partial charge in [-0.15, -0.1) is 0 Å². The Morgan fingerprint density at radius 2 is 2.35 bits per heavy atom. The molecule has 96 valence electrons. The van der Waals surface area contributed by atoms with Gasteiger partial charge in [-0.05, 0) is 43.2 Å². The van der Waals surface area contributed by atoms with Gasteiger partial charge >= 0.3 is 0 Å². The summed E-state index contributed by atoms with van der Waals surface area (Å²) >= 11 is 0. The summed E-state index contributed by atoms with van der Waals surface area (Å²) in [6.07, 6.45) is 9.60. The fourth-order valence-corrected chi connectivity index (χ4v) is 3.03. The lowest BCUT2D eigenvalue weighted by atomic mass is 9.77. The zero-order valence-corrected chi connectivity index (χ0v) is 10.8. The number of aliphatic hydroxyl groups is 1. The van der Waals surface area contributed by atoms with E-state index >= 15 is 0 Å². The Kier molecular flexibility index (Phi) is 4.66. The van der Waals surface area contributed by atoms with Crippen LogP contribution < -0.4 is 0 Å². The molecule has 1 aromatic rings. The molecule has 2 heteroatoms. The Labute approximate surface area is 104 Å². The van der Waals surface area contributed by atoms with Crippen molar-refractivity contribution in [1.29, 1.82) is 0 Å². The van der Waals surface area contributed by atoms with E-state index in [-0.39, 0.29) is 6.10 Å². The van der Waals surface area contributed by atoms with Crippen molar-refractivity contribution in [2.75, 3.05) is 0 Å². The van der Waals surface area contributed by atoms with Gasteiger partial charge in [0, 0.05) is 6.42 Å². The summed E-state index contributed by atoms with van der Waals surface area (Å²) in [6, 6.07) is 3.90. The zero-order valence-electron chi connectivity index (χ0n) is 10.8. The van der Waals surface area contributed by atoms with Crippen LogP contribution in [0.25, 0.3) is 0 Å². The highest BCUT2D eigenvalue weighted by molar-refractivity contribution is 4.98. The normalized spacial score (nSPS) is 26.9. The highest BCUT2D eigenvalue weighted by Gasteiger charge is 2.26. The number of furan rings is 1. The Bertz CT molecular complexity index is 305. The lowest BCUT2D eigenvalue weighted by Gasteiger charge is -2.31. The lowest BCUT2D eigenvalue weighted by molar-refractivity contribution is 0.0608. The maximum absolute atomic E-state index is 10.2. The van der Waals surface area contributed by atoms with Crippen molar-refractivity contribution in [1.82, 2.24) is 0 Å². The second kappa shape index (κ2) is 6.25. The molecule has 1 aromatic heterocycles. The molecular formula is C15H24O2. The Hall–Kier alpha value is -0.760. The van der Waals surface area contributed by atoms with Crippen LogP contribution in [0.1, 0.15) is 51.2 Å². The highest BCUT2D eigenvalue weighted by atomic mass is 16.3. The molecule has 1 aliphatic rings. The topological polar surface area (TPSA) is 33.4 Å². The van der Waals surface area contributed by atoms with E-state index in [2.05, 4.69) is 6.92 Å². The zero-order chi connectivity index (χ0) is 12.1. The summed E-state index contributed by atoms with van der Waals surface area (Å²) in [5.41, 5.74) is 0. The van der Waals surface area contributed by atoms with Crippen LogP contribution in [-0.4, -0.2) is 11.2 Å². The predicted octanol–water partition coefficient (Wildman–Crippen LogP) is 3.79. The predicted molar refractivity (Wildman–Crippen MR) is 68.8 cm³/mol. The van der Waals surface area contributed by atoms with E-state index in [4.69, 9.17) is 4.42 Å². The van der Waals surface area contributed by atoms with Crippen molar-refractivity contribution in [3.63, 3.8) is 0 Å². The average molecular weight is 236 g/mol. The Balaban J connectivity index is 1.76. The number of hydrogen-bond acceptors (Lipinski definition) is 2. The summed E-state index contributed by atoms with van der Waals surface area (Å²) in [7, 11) is 0. The number of hydrogen-bond donors (Lipinski definition) is 1. The molecule has 2 rings (SSSR count). The highest BCUT2D eigenvalue weighted by Crippen LogP contribution is 2.34. The third-order valence-electron chi connectivity index (χ3n) is 4.21. The van der Waals surface area contributed by atoms with E-state index in [9.17, 15) is 5.11 Å². The van der Waals surface area contributed by atoms with E-state index in [0.717, 1.165) is 24.5 Å². The minimum atomic E-state index is -0.144. The van der Waals surface area contributed by atoms with E-state index in [1.165, 1.54) is 32.1 Å². The van der Waals surface area contributed by atoms with Crippen LogP contribution in [0.5, 0.6) is 0 Å². The van der Waals surface area contributed by atoms with Crippen molar-refractivity contribution in [2.45, 2.75) is 58.0 Å². The lowest BCUT2D eigenvalue weighted by Crippen LogP contribution is -2.27. The van der Waals surface area contributed by atoms with Crippen LogP contribution in [0.2, 0.25) is 0 Å². The molecule has 1 aliphatic carbocycles. The fourth-order valence-electron chi connectivity index (χ4n) is 3.03. The summed E-state index contributed by atoms with van der Waals surface area (Å²) in [4.78, 5) is 0. The quantitative estimate of drug-likeness (QED) is 0.843. The van der Waals surface area contributed by atoms with Gasteiger partial charge in [-0.25, -0.2) is 0 Å². The molecule has 17 heavy (non-hydrogen) atoms. The first-order chi connectivity index (χ1) is 8.29. The van der Waals surface area contributed by atoms with Crippen molar-refractivity contribution >= 4 is 0 Å². The van der Waals surface area contributed by atoms with Gasteiger partial charge in [-0.2, -0.15) is 0 Å². The number of aliphatic hydroxyl groups excluding tert-OH is 1. The molecule has 0 amide bonds. The summed E-state index contributed by atoms with van der Waals surface area (Å²) in [5, 5.41) is 10.2. The van der Waals surface area contributed by atoms with Crippen molar-refractivity contribution in [3.05, 3.63) is 24.2 Å². The number of rotatable bonds is 5.